The second-order valence-corrected chi connectivity index (χ2v) is 8.30. The van der Waals surface area contributed by atoms with E-state index in [0.717, 1.165) is 16.7 Å². The van der Waals surface area contributed by atoms with Crippen molar-refractivity contribution in [1.82, 2.24) is 0 Å². The smallest absolute Gasteiger partial charge is 0.333 e. The van der Waals surface area contributed by atoms with E-state index in [2.05, 4.69) is 36.8 Å². The third kappa shape index (κ3) is 8.38. The maximum atomic E-state index is 14.6. The molecule has 0 aliphatic carbocycles. The van der Waals surface area contributed by atoms with Gasteiger partial charge in [-0.1, -0.05) is 61.1 Å². The zero-order valence-electron chi connectivity index (χ0n) is 20.7. The van der Waals surface area contributed by atoms with Gasteiger partial charge in [0, 0.05) is 27.8 Å². The molecule has 0 heterocycles. The van der Waals surface area contributed by atoms with Crippen molar-refractivity contribution in [3.8, 4) is 23.7 Å². The van der Waals surface area contributed by atoms with Crippen molar-refractivity contribution < 1.29 is 23.5 Å². The van der Waals surface area contributed by atoms with Gasteiger partial charge in [-0.3, -0.25) is 0 Å². The van der Waals surface area contributed by atoms with Gasteiger partial charge < -0.3 is 9.47 Å². The average molecular weight is 493 g/mol. The Labute approximate surface area is 216 Å². The van der Waals surface area contributed by atoms with Crippen LogP contribution in [0.1, 0.15) is 47.2 Å². The van der Waals surface area contributed by atoms with Crippen LogP contribution in [0.25, 0.3) is 0 Å². The Morgan fingerprint density at radius 2 is 1.08 bits per heavy atom. The Morgan fingerprint density at radius 1 is 0.676 bits per heavy atom. The van der Waals surface area contributed by atoms with Gasteiger partial charge in [0.25, 0.3) is 0 Å². The van der Waals surface area contributed by atoms with Crippen LogP contribution in [0.15, 0.2) is 91.0 Å². The van der Waals surface area contributed by atoms with Crippen LogP contribution in [0.3, 0.4) is 0 Å². The number of ether oxygens (including phenoxy) is 2. The molecular formula is C32H25FO4. The van der Waals surface area contributed by atoms with Gasteiger partial charge in [-0.15, -0.1) is 0 Å². The molecule has 0 saturated carbocycles. The van der Waals surface area contributed by atoms with E-state index in [-0.39, 0.29) is 18.8 Å². The lowest BCUT2D eigenvalue weighted by Gasteiger charge is -2.04. The van der Waals surface area contributed by atoms with E-state index in [9.17, 15) is 14.0 Å². The molecule has 0 fully saturated rings. The van der Waals surface area contributed by atoms with Crippen molar-refractivity contribution in [2.75, 3.05) is 0 Å². The molecule has 4 nitrogen and oxygen atoms in total. The molecule has 0 N–H and O–H groups in total. The molecule has 0 aromatic heterocycles. The van der Waals surface area contributed by atoms with Crippen molar-refractivity contribution in [2.24, 2.45) is 0 Å². The second-order valence-electron chi connectivity index (χ2n) is 8.30. The van der Waals surface area contributed by atoms with Gasteiger partial charge in [0.1, 0.15) is 19.0 Å². The summed E-state index contributed by atoms with van der Waals surface area (Å²) < 4.78 is 24.8. The number of carbonyl (C=O) groups excluding carboxylic acids is 2. The fourth-order valence-electron chi connectivity index (χ4n) is 2.89. The summed E-state index contributed by atoms with van der Waals surface area (Å²) in [5.41, 5.74) is 4.57. The van der Waals surface area contributed by atoms with Crippen LogP contribution in [0, 0.1) is 29.5 Å². The molecule has 3 aromatic carbocycles. The largest absolute Gasteiger partial charge is 0.457 e. The number of hydrogen-bond acceptors (Lipinski definition) is 4. The summed E-state index contributed by atoms with van der Waals surface area (Å²) in [5.74, 6) is 10.4. The van der Waals surface area contributed by atoms with Crippen molar-refractivity contribution in [3.05, 3.63) is 130 Å². The first-order chi connectivity index (χ1) is 17.7. The second kappa shape index (κ2) is 12.7. The van der Waals surface area contributed by atoms with Gasteiger partial charge in [-0.25, -0.2) is 14.0 Å². The maximum absolute atomic E-state index is 14.6. The summed E-state index contributed by atoms with van der Waals surface area (Å²) >= 11 is 0. The number of halogens is 1. The van der Waals surface area contributed by atoms with Crippen molar-refractivity contribution in [1.29, 1.82) is 0 Å². The van der Waals surface area contributed by atoms with Gasteiger partial charge in [0.15, 0.2) is 0 Å². The fourth-order valence-corrected chi connectivity index (χ4v) is 2.89. The Kier molecular flexibility index (Phi) is 9.19. The average Bonchev–Trinajstić information content (AvgIpc) is 2.89. The normalized spacial score (nSPS) is 9.70. The molecule has 0 saturated heterocycles. The first kappa shape index (κ1) is 26.7. The number of hydrogen-bond donors (Lipinski definition) is 0. The van der Waals surface area contributed by atoms with E-state index in [0.29, 0.717) is 22.3 Å². The van der Waals surface area contributed by atoms with E-state index >= 15 is 0 Å². The Morgan fingerprint density at radius 3 is 1.51 bits per heavy atom. The van der Waals surface area contributed by atoms with E-state index in [1.54, 1.807) is 50.2 Å². The molecule has 3 rings (SSSR count). The highest BCUT2D eigenvalue weighted by molar-refractivity contribution is 5.87. The van der Waals surface area contributed by atoms with Gasteiger partial charge in [-0.05, 0) is 67.4 Å². The van der Waals surface area contributed by atoms with Crippen molar-refractivity contribution in [2.45, 2.75) is 27.1 Å². The highest BCUT2D eigenvalue weighted by Gasteiger charge is 2.05. The highest BCUT2D eigenvalue weighted by Crippen LogP contribution is 2.11. The molecular weight excluding hydrogens is 467 g/mol. The molecule has 3 aromatic rings. The monoisotopic (exact) mass is 492 g/mol. The predicted octanol–water partition coefficient (Wildman–Crippen LogP) is 5.86. The third-order valence-corrected chi connectivity index (χ3v) is 5.01. The van der Waals surface area contributed by atoms with Crippen molar-refractivity contribution >= 4 is 11.9 Å². The van der Waals surface area contributed by atoms with Crippen LogP contribution in [-0.4, -0.2) is 11.9 Å². The summed E-state index contributed by atoms with van der Waals surface area (Å²) in [7, 11) is 0. The molecule has 184 valence electrons. The predicted molar refractivity (Wildman–Crippen MR) is 140 cm³/mol. The molecule has 0 spiro atoms. The zero-order valence-corrected chi connectivity index (χ0v) is 20.7. The maximum Gasteiger partial charge on any atom is 0.333 e. The van der Waals surface area contributed by atoms with E-state index < -0.39 is 17.8 Å². The van der Waals surface area contributed by atoms with Gasteiger partial charge >= 0.3 is 11.9 Å². The topological polar surface area (TPSA) is 52.6 Å². The van der Waals surface area contributed by atoms with Crippen LogP contribution < -0.4 is 0 Å². The lowest BCUT2D eigenvalue weighted by Crippen LogP contribution is -2.04. The minimum Gasteiger partial charge on any atom is -0.457 e. The van der Waals surface area contributed by atoms with Crippen LogP contribution in [0.4, 0.5) is 4.39 Å². The summed E-state index contributed by atoms with van der Waals surface area (Å²) in [5, 5.41) is 0. The Hall–Kier alpha value is -4.87. The quantitative estimate of drug-likeness (QED) is 0.246. The molecule has 0 aliphatic heterocycles. The van der Waals surface area contributed by atoms with E-state index in [4.69, 9.17) is 9.47 Å². The summed E-state index contributed by atoms with van der Waals surface area (Å²) in [4.78, 5) is 23.0. The molecule has 0 radical (unpaired) electrons. The molecule has 0 bridgehead atoms. The van der Waals surface area contributed by atoms with Crippen LogP contribution in [0.2, 0.25) is 0 Å². The summed E-state index contributed by atoms with van der Waals surface area (Å²) in [6.07, 6.45) is 0. The van der Waals surface area contributed by atoms with Gasteiger partial charge in [-0.2, -0.15) is 0 Å². The van der Waals surface area contributed by atoms with Crippen molar-refractivity contribution in [3.63, 3.8) is 0 Å². The minimum absolute atomic E-state index is 0.144. The molecule has 5 heteroatoms. The first-order valence-electron chi connectivity index (χ1n) is 11.4. The molecule has 0 atom stereocenters. The van der Waals surface area contributed by atoms with Crippen LogP contribution in [0.5, 0.6) is 0 Å². The van der Waals surface area contributed by atoms with Crippen LogP contribution in [-0.2, 0) is 32.3 Å². The van der Waals surface area contributed by atoms with Crippen LogP contribution >= 0.6 is 0 Å². The number of benzene rings is 3. The zero-order chi connectivity index (χ0) is 26.8. The number of rotatable bonds is 6. The standard InChI is InChI=1S/C32H25FO4/c1-22(2)31(34)36-20-27-11-6-24(7-12-27)5-10-26-16-18-29(30(33)19-26)17-15-25-8-13-28(14-9-25)21-37-32(35)23(3)4/h6-9,11-14,16,18-19H,1,3,20-21H2,2,4H3. The highest BCUT2D eigenvalue weighted by atomic mass is 19.1. The molecule has 0 unspecified atom stereocenters. The van der Waals surface area contributed by atoms with E-state index in [1.165, 1.54) is 6.07 Å². The number of esters is 2. The van der Waals surface area contributed by atoms with Gasteiger partial charge in [0.05, 0.1) is 5.56 Å². The summed E-state index contributed by atoms with van der Waals surface area (Å²) in [6.45, 7) is 10.6. The van der Waals surface area contributed by atoms with E-state index in [1.807, 2.05) is 24.3 Å². The number of carbonyl (C=O) groups is 2. The minimum atomic E-state index is -0.461. The fraction of sp³-hybridized carbons (Fsp3) is 0.125. The SMILES string of the molecule is C=C(C)C(=O)OCc1ccc(C#Cc2ccc(C#Cc3ccc(COC(=O)C(=C)C)cc3)c(F)c2)cc1. The molecule has 37 heavy (non-hydrogen) atoms. The molecule has 0 amide bonds. The summed E-state index contributed by atoms with van der Waals surface area (Å²) in [6, 6.07) is 19.1. The third-order valence-electron chi connectivity index (χ3n) is 5.01. The first-order valence-corrected chi connectivity index (χ1v) is 11.4. The van der Waals surface area contributed by atoms with Gasteiger partial charge in [0.2, 0.25) is 0 Å². The lowest BCUT2D eigenvalue weighted by atomic mass is 10.1. The Balaban J connectivity index is 1.60. The lowest BCUT2D eigenvalue weighted by molar-refractivity contribution is -0.141. The Bertz CT molecular complexity index is 1460. The molecule has 0 aliphatic rings.